The summed E-state index contributed by atoms with van der Waals surface area (Å²) in [6.45, 7) is 1.25. The Morgan fingerprint density at radius 2 is 1.23 bits per heavy atom. The lowest BCUT2D eigenvalue weighted by molar-refractivity contribution is -0.138. The van der Waals surface area contributed by atoms with E-state index in [1.54, 1.807) is 12.2 Å². The number of amides is 5. The molecule has 2 heterocycles. The molecule has 2 aliphatic rings. The van der Waals surface area contributed by atoms with Crippen LogP contribution in [0.2, 0.25) is 0 Å². The fraction of sp³-hybridized carbons (Fsp3) is 0.395. The third-order valence-electron chi connectivity index (χ3n) is 8.78. The van der Waals surface area contributed by atoms with E-state index in [-0.39, 0.29) is 44.9 Å². The molecular formula is C38H49N9O9. The van der Waals surface area contributed by atoms with Crippen LogP contribution in [0, 0.1) is 0 Å². The van der Waals surface area contributed by atoms with E-state index in [2.05, 4.69) is 31.6 Å². The highest BCUT2D eigenvalue weighted by Crippen LogP contribution is 2.22. The van der Waals surface area contributed by atoms with Crippen molar-refractivity contribution in [1.29, 1.82) is 0 Å². The largest absolute Gasteiger partial charge is 0.480 e. The maximum atomic E-state index is 13.9. The number of benzene rings is 2. The first-order valence-corrected chi connectivity index (χ1v) is 18.1. The predicted molar refractivity (Wildman–Crippen MR) is 206 cm³/mol. The van der Waals surface area contributed by atoms with E-state index in [1.807, 2.05) is 36.4 Å². The van der Waals surface area contributed by atoms with Crippen LogP contribution in [0.5, 0.6) is 0 Å². The molecule has 2 aromatic carbocycles. The van der Waals surface area contributed by atoms with Gasteiger partial charge in [-0.1, -0.05) is 24.3 Å². The molecule has 1 unspecified atom stereocenters. The number of nitrogens with one attached hydrogen (secondary N) is 5. The Labute approximate surface area is 323 Å². The summed E-state index contributed by atoms with van der Waals surface area (Å²) in [5, 5.41) is 21.7. The van der Waals surface area contributed by atoms with Gasteiger partial charge in [0.05, 0.1) is 26.4 Å². The van der Waals surface area contributed by atoms with Crippen LogP contribution in [-0.4, -0.2) is 90.9 Å². The fourth-order valence-electron chi connectivity index (χ4n) is 5.82. The van der Waals surface area contributed by atoms with Crippen molar-refractivity contribution in [1.82, 2.24) is 26.6 Å². The number of hydrogen-bond acceptors (Lipinski definition) is 10. The van der Waals surface area contributed by atoms with E-state index in [9.17, 15) is 28.8 Å². The van der Waals surface area contributed by atoms with Crippen molar-refractivity contribution in [3.63, 3.8) is 0 Å². The molecule has 18 heteroatoms. The maximum Gasteiger partial charge on any atom is 0.322 e. The number of aliphatic imine (C=N–C) groups is 1. The second kappa shape index (κ2) is 21.7. The summed E-state index contributed by atoms with van der Waals surface area (Å²) < 4.78 is 10.9. The van der Waals surface area contributed by atoms with Gasteiger partial charge in [0.2, 0.25) is 29.5 Å². The van der Waals surface area contributed by atoms with Gasteiger partial charge in [-0.3, -0.25) is 33.8 Å². The molecule has 300 valence electrons. The lowest BCUT2D eigenvalue weighted by Gasteiger charge is -2.25. The molecular weight excluding hydrogens is 726 g/mol. The Morgan fingerprint density at radius 1 is 0.696 bits per heavy atom. The van der Waals surface area contributed by atoms with E-state index in [4.69, 9.17) is 31.8 Å². The van der Waals surface area contributed by atoms with Gasteiger partial charge in [-0.2, -0.15) is 0 Å². The van der Waals surface area contributed by atoms with Crippen molar-refractivity contribution in [2.24, 2.45) is 22.2 Å². The molecule has 2 aromatic rings. The van der Waals surface area contributed by atoms with Gasteiger partial charge in [0, 0.05) is 25.2 Å². The van der Waals surface area contributed by atoms with Crippen LogP contribution in [-0.2, 0) is 64.7 Å². The zero-order valence-electron chi connectivity index (χ0n) is 30.9. The van der Waals surface area contributed by atoms with E-state index in [0.717, 1.165) is 33.4 Å². The third kappa shape index (κ3) is 13.9. The number of ether oxygens (including phenoxy) is 2. The summed E-state index contributed by atoms with van der Waals surface area (Å²) in [6.07, 6.45) is 6.34. The maximum absolute atomic E-state index is 13.9. The first kappa shape index (κ1) is 42.6. The molecule has 12 N–H and O–H groups in total. The quantitative estimate of drug-likeness (QED) is 0.0321. The van der Waals surface area contributed by atoms with Crippen LogP contribution < -0.4 is 43.8 Å². The van der Waals surface area contributed by atoms with Crippen molar-refractivity contribution in [3.8, 4) is 0 Å². The van der Waals surface area contributed by atoms with Crippen LogP contribution in [0.3, 0.4) is 0 Å². The van der Waals surface area contributed by atoms with Gasteiger partial charge in [-0.15, -0.1) is 0 Å². The molecule has 0 radical (unpaired) electrons. The number of carbonyl (C=O) groups is 6. The number of carbonyl (C=O) groups excluding carboxylic acids is 5. The molecule has 2 aliphatic heterocycles. The lowest BCUT2D eigenvalue weighted by Crippen LogP contribution is -2.58. The molecule has 0 aromatic heterocycles. The number of carboxylic acid groups (broad SMARTS) is 1. The summed E-state index contributed by atoms with van der Waals surface area (Å²) in [5.41, 5.74) is 22.2. The second-order valence-electron chi connectivity index (χ2n) is 13.1. The van der Waals surface area contributed by atoms with Gasteiger partial charge in [-0.25, -0.2) is 0 Å². The van der Waals surface area contributed by atoms with Crippen LogP contribution in [0.25, 0.3) is 12.2 Å². The number of fused-ring (bicyclic) bond motifs is 2. The summed E-state index contributed by atoms with van der Waals surface area (Å²) in [4.78, 5) is 81.3. The van der Waals surface area contributed by atoms with Crippen molar-refractivity contribution in [2.45, 2.75) is 70.2 Å². The molecule has 56 heavy (non-hydrogen) atoms. The minimum atomic E-state index is -1.37. The molecule has 0 fully saturated rings. The minimum Gasteiger partial charge on any atom is -0.480 e. The number of hydrogen-bond donors (Lipinski definition) is 9. The number of nitrogens with two attached hydrogens (primary N) is 3. The van der Waals surface area contributed by atoms with E-state index >= 15 is 0 Å². The van der Waals surface area contributed by atoms with Crippen molar-refractivity contribution in [2.75, 3.05) is 26.2 Å². The first-order valence-electron chi connectivity index (χ1n) is 18.1. The topological polar surface area (TPSA) is 292 Å². The average Bonchev–Trinajstić information content (AvgIpc) is 3.85. The zero-order chi connectivity index (χ0) is 40.5. The van der Waals surface area contributed by atoms with Crippen molar-refractivity contribution >= 4 is 53.6 Å². The standard InChI is InChI=1S/C38H49N9O9/c39-13-1-3-29(35(52)44-18-34(50)51)46-36(53)30(4-2-14-42-38(40)41)47-37(54)31(45-33(49)12-8-24-6-10-26-20-56-22-28(26)16-24)17-43-32(48)11-7-23-5-9-25-19-55-21-27(25)15-23/h5-12,15-16,29-31H,1-4,13-14,17-22,39H2,(H,43,48)(H,44,52)(H,45,49)(H,46,53)(H,47,54)(H,50,51)(H4,40,41,42)/b11-7+,12-8+/t29-,30-,31?/m1/s1. The van der Waals surface area contributed by atoms with Gasteiger partial charge in [0.15, 0.2) is 5.96 Å². The molecule has 0 aliphatic carbocycles. The highest BCUT2D eigenvalue weighted by molar-refractivity contribution is 5.98. The third-order valence-corrected chi connectivity index (χ3v) is 8.78. The Kier molecular flexibility index (Phi) is 16.5. The van der Waals surface area contributed by atoms with Crippen LogP contribution in [0.15, 0.2) is 53.5 Å². The van der Waals surface area contributed by atoms with Gasteiger partial charge in [0.1, 0.15) is 24.7 Å². The molecule has 0 bridgehead atoms. The van der Waals surface area contributed by atoms with E-state index < -0.39 is 60.2 Å². The summed E-state index contributed by atoms with van der Waals surface area (Å²) in [6, 6.07) is 7.51. The van der Waals surface area contributed by atoms with Gasteiger partial charge >= 0.3 is 5.97 Å². The summed E-state index contributed by atoms with van der Waals surface area (Å²) in [7, 11) is 0. The molecule has 4 rings (SSSR count). The molecule has 3 atom stereocenters. The van der Waals surface area contributed by atoms with E-state index in [0.29, 0.717) is 32.8 Å². The first-order chi connectivity index (χ1) is 26.9. The Morgan fingerprint density at radius 3 is 1.80 bits per heavy atom. The highest BCUT2D eigenvalue weighted by Gasteiger charge is 2.30. The SMILES string of the molecule is NCCC[C@@H](NC(=O)[C@@H](CCCN=C(N)N)NC(=O)C(CNC(=O)/C=C/c1ccc2c(c1)COC2)NC(=O)/C=C/c1ccc2c(c1)COC2)C(=O)NCC(=O)O. The van der Waals surface area contributed by atoms with Crippen molar-refractivity contribution in [3.05, 3.63) is 81.9 Å². The number of rotatable bonds is 21. The number of aliphatic carboxylic acids is 1. The molecule has 0 spiro atoms. The zero-order valence-corrected chi connectivity index (χ0v) is 30.9. The number of nitrogens with zero attached hydrogens (tertiary/aromatic N) is 1. The Hall–Kier alpha value is -6.11. The van der Waals surface area contributed by atoms with Crippen LogP contribution in [0.4, 0.5) is 0 Å². The smallest absolute Gasteiger partial charge is 0.322 e. The monoisotopic (exact) mass is 775 g/mol. The van der Waals surface area contributed by atoms with Crippen LogP contribution >= 0.6 is 0 Å². The summed E-state index contributed by atoms with van der Waals surface area (Å²) in [5.74, 6) is -5.00. The Bertz CT molecular complexity index is 1840. The van der Waals surface area contributed by atoms with Gasteiger partial charge in [0.25, 0.3) is 0 Å². The average molecular weight is 776 g/mol. The summed E-state index contributed by atoms with van der Waals surface area (Å²) >= 11 is 0. The van der Waals surface area contributed by atoms with E-state index in [1.165, 1.54) is 12.2 Å². The molecule has 5 amide bonds. The normalized spacial score (nSPS) is 14.6. The fourth-order valence-corrected chi connectivity index (χ4v) is 5.82. The van der Waals surface area contributed by atoms with Crippen LogP contribution in [0.1, 0.15) is 59.1 Å². The van der Waals surface area contributed by atoms with Crippen molar-refractivity contribution < 1.29 is 43.3 Å². The minimum absolute atomic E-state index is 0.00175. The lowest BCUT2D eigenvalue weighted by atomic mass is 10.1. The second-order valence-corrected chi connectivity index (χ2v) is 13.1. The highest BCUT2D eigenvalue weighted by atomic mass is 16.5. The molecule has 18 nitrogen and oxygen atoms in total. The molecule has 0 saturated carbocycles. The number of guanidine groups is 1. The van der Waals surface area contributed by atoms with Gasteiger partial charge in [-0.05, 0) is 89.9 Å². The number of carboxylic acids is 1. The Balaban J connectivity index is 1.50. The van der Waals surface area contributed by atoms with Gasteiger partial charge < -0.3 is 58.4 Å². The molecule has 0 saturated heterocycles. The predicted octanol–water partition coefficient (Wildman–Crippen LogP) is -0.962.